The van der Waals surface area contributed by atoms with E-state index in [1.165, 1.54) is 0 Å². The molecule has 5 heterocycles. The maximum absolute atomic E-state index is 12.2. The maximum atomic E-state index is 12.2. The SMILES string of the molecule is Cc1ncc(-c2nc3ccc(O[C@H]4CCN(C)C4)cn3n2)c2cc(NC(=O)C3CC3)ncc12. The number of nitrogens with zero attached hydrogens (tertiary/aromatic N) is 6. The third-order valence-corrected chi connectivity index (χ3v) is 6.37. The molecule has 6 rings (SSSR count). The van der Waals surface area contributed by atoms with Crippen LogP contribution in [0.4, 0.5) is 5.82 Å². The molecule has 2 aliphatic rings. The molecule has 0 spiro atoms. The van der Waals surface area contributed by atoms with E-state index in [-0.39, 0.29) is 17.9 Å². The quantitative estimate of drug-likeness (QED) is 0.506. The maximum Gasteiger partial charge on any atom is 0.228 e. The van der Waals surface area contributed by atoms with E-state index in [4.69, 9.17) is 14.8 Å². The Bertz CT molecular complexity index is 1380. The van der Waals surface area contributed by atoms with Gasteiger partial charge in [-0.25, -0.2) is 14.5 Å². The first-order valence-electron chi connectivity index (χ1n) is 11.3. The molecule has 33 heavy (non-hydrogen) atoms. The standard InChI is InChI=1S/C24H25N7O2/c1-14-19-10-26-21(27-24(32)15-3-4-15)9-18(19)20(11-25-14)23-28-22-6-5-16(13-31(22)29-23)33-17-7-8-30(2)12-17/h5-6,9-11,13,15,17H,3-4,7-8,12H2,1-2H3,(H,26,27,32)/t17-/m0/s1. The third-order valence-electron chi connectivity index (χ3n) is 6.37. The first-order valence-corrected chi connectivity index (χ1v) is 11.3. The molecular weight excluding hydrogens is 418 g/mol. The molecule has 0 aromatic carbocycles. The molecule has 168 valence electrons. The molecular formula is C24H25N7O2. The summed E-state index contributed by atoms with van der Waals surface area (Å²) in [5, 5.41) is 9.45. The summed E-state index contributed by atoms with van der Waals surface area (Å²) in [6.45, 7) is 3.92. The van der Waals surface area contributed by atoms with Crippen molar-refractivity contribution in [2.24, 2.45) is 5.92 Å². The molecule has 9 nitrogen and oxygen atoms in total. The highest BCUT2D eigenvalue weighted by molar-refractivity contribution is 5.99. The van der Waals surface area contributed by atoms with E-state index in [2.05, 4.69) is 27.2 Å². The van der Waals surface area contributed by atoms with Gasteiger partial charge >= 0.3 is 0 Å². The van der Waals surface area contributed by atoms with Gasteiger partial charge in [-0.15, -0.1) is 5.10 Å². The monoisotopic (exact) mass is 443 g/mol. The molecule has 1 amide bonds. The summed E-state index contributed by atoms with van der Waals surface area (Å²) >= 11 is 0. The molecule has 1 saturated carbocycles. The van der Waals surface area contributed by atoms with Crippen LogP contribution < -0.4 is 10.1 Å². The summed E-state index contributed by atoms with van der Waals surface area (Å²) < 4.78 is 7.88. The van der Waals surface area contributed by atoms with Crippen LogP contribution in [-0.4, -0.2) is 61.6 Å². The number of fused-ring (bicyclic) bond motifs is 2. The Morgan fingerprint density at radius 2 is 2.03 bits per heavy atom. The normalized spacial score (nSPS) is 18.8. The number of anilines is 1. The van der Waals surface area contributed by atoms with Gasteiger partial charge in [0, 0.05) is 53.4 Å². The van der Waals surface area contributed by atoms with E-state index in [1.807, 2.05) is 31.3 Å². The Kier molecular flexibility index (Phi) is 4.72. The third kappa shape index (κ3) is 3.89. The highest BCUT2D eigenvalue weighted by Crippen LogP contribution is 2.32. The van der Waals surface area contributed by atoms with Gasteiger partial charge in [0.2, 0.25) is 5.91 Å². The minimum atomic E-state index is 0.0287. The van der Waals surface area contributed by atoms with Crippen molar-refractivity contribution in [3.8, 4) is 17.1 Å². The van der Waals surface area contributed by atoms with Crippen LogP contribution in [0.2, 0.25) is 0 Å². The van der Waals surface area contributed by atoms with Crippen molar-refractivity contribution >= 4 is 28.1 Å². The Morgan fingerprint density at radius 3 is 2.82 bits per heavy atom. The van der Waals surface area contributed by atoms with Crippen molar-refractivity contribution in [1.82, 2.24) is 29.5 Å². The number of carbonyl (C=O) groups excluding carboxylic acids is 1. The first kappa shape index (κ1) is 20.0. The van der Waals surface area contributed by atoms with Crippen LogP contribution in [0.1, 0.15) is 25.0 Å². The topological polar surface area (TPSA) is 97.5 Å². The van der Waals surface area contributed by atoms with Gasteiger partial charge in [-0.2, -0.15) is 0 Å². The van der Waals surface area contributed by atoms with E-state index in [1.54, 1.807) is 16.9 Å². The van der Waals surface area contributed by atoms with Crippen molar-refractivity contribution in [2.75, 3.05) is 25.5 Å². The second-order valence-corrected chi connectivity index (χ2v) is 9.03. The summed E-state index contributed by atoms with van der Waals surface area (Å²) in [6.07, 6.45) is 8.51. The van der Waals surface area contributed by atoms with Gasteiger partial charge in [0.15, 0.2) is 11.5 Å². The van der Waals surface area contributed by atoms with Crippen molar-refractivity contribution in [2.45, 2.75) is 32.3 Å². The zero-order valence-electron chi connectivity index (χ0n) is 18.7. The lowest BCUT2D eigenvalue weighted by molar-refractivity contribution is -0.117. The Balaban J connectivity index is 1.35. The van der Waals surface area contributed by atoms with Gasteiger partial charge in [-0.05, 0) is 51.4 Å². The number of rotatable bonds is 5. The van der Waals surface area contributed by atoms with Gasteiger partial charge in [0.25, 0.3) is 0 Å². The first-order chi connectivity index (χ1) is 16.0. The van der Waals surface area contributed by atoms with Crippen molar-refractivity contribution in [3.05, 3.63) is 42.5 Å². The van der Waals surface area contributed by atoms with Crippen LogP contribution in [0.15, 0.2) is 36.8 Å². The lowest BCUT2D eigenvalue weighted by atomic mass is 10.1. The van der Waals surface area contributed by atoms with Gasteiger partial charge in [0.1, 0.15) is 17.7 Å². The van der Waals surface area contributed by atoms with Crippen molar-refractivity contribution < 1.29 is 9.53 Å². The van der Waals surface area contributed by atoms with E-state index in [0.717, 1.165) is 65.8 Å². The van der Waals surface area contributed by atoms with E-state index in [9.17, 15) is 4.79 Å². The number of likely N-dealkylation sites (N-methyl/N-ethyl adjacent to an activating group) is 1. The minimum Gasteiger partial charge on any atom is -0.487 e. The summed E-state index contributed by atoms with van der Waals surface area (Å²) in [5.41, 5.74) is 2.39. The fraction of sp³-hybridized carbons (Fsp3) is 0.375. The Morgan fingerprint density at radius 1 is 1.15 bits per heavy atom. The molecule has 0 bridgehead atoms. The molecule has 1 aliphatic heterocycles. The highest BCUT2D eigenvalue weighted by Gasteiger charge is 2.30. The number of nitrogens with one attached hydrogen (secondary N) is 1. The predicted octanol–water partition coefficient (Wildman–Crippen LogP) is 3.08. The number of amides is 1. The Hall–Kier alpha value is -3.59. The molecule has 2 fully saturated rings. The van der Waals surface area contributed by atoms with E-state index < -0.39 is 0 Å². The average molecular weight is 444 g/mol. The lowest BCUT2D eigenvalue weighted by Crippen LogP contribution is -2.21. The minimum absolute atomic E-state index is 0.0287. The smallest absolute Gasteiger partial charge is 0.228 e. The molecule has 1 N–H and O–H groups in total. The van der Waals surface area contributed by atoms with Crippen LogP contribution >= 0.6 is 0 Å². The summed E-state index contributed by atoms with van der Waals surface area (Å²) in [7, 11) is 2.11. The van der Waals surface area contributed by atoms with E-state index >= 15 is 0 Å². The fourth-order valence-electron chi connectivity index (χ4n) is 4.32. The number of hydrogen-bond donors (Lipinski definition) is 1. The summed E-state index contributed by atoms with van der Waals surface area (Å²) in [5.74, 6) is 2.02. The van der Waals surface area contributed by atoms with Gasteiger partial charge in [-0.1, -0.05) is 0 Å². The van der Waals surface area contributed by atoms with Crippen LogP contribution in [0, 0.1) is 12.8 Å². The number of ether oxygens (including phenoxy) is 1. The molecule has 1 saturated heterocycles. The molecule has 1 aliphatic carbocycles. The van der Waals surface area contributed by atoms with Gasteiger partial charge in [-0.3, -0.25) is 9.78 Å². The van der Waals surface area contributed by atoms with Crippen LogP contribution in [0.25, 0.3) is 27.8 Å². The molecule has 0 unspecified atom stereocenters. The number of aromatic nitrogens is 5. The lowest BCUT2D eigenvalue weighted by Gasteiger charge is -2.13. The molecule has 4 aromatic heterocycles. The molecule has 9 heteroatoms. The largest absolute Gasteiger partial charge is 0.487 e. The van der Waals surface area contributed by atoms with Crippen molar-refractivity contribution in [1.29, 1.82) is 0 Å². The number of aryl methyl sites for hydroxylation is 1. The zero-order valence-corrected chi connectivity index (χ0v) is 18.7. The number of carbonyl (C=O) groups is 1. The average Bonchev–Trinajstić information content (AvgIpc) is 3.46. The fourth-order valence-corrected chi connectivity index (χ4v) is 4.32. The van der Waals surface area contributed by atoms with Crippen LogP contribution in [0.3, 0.4) is 0 Å². The summed E-state index contributed by atoms with van der Waals surface area (Å²) in [4.78, 5) is 28.2. The second-order valence-electron chi connectivity index (χ2n) is 9.03. The zero-order chi connectivity index (χ0) is 22.5. The number of likely N-dealkylation sites (tertiary alicyclic amines) is 1. The van der Waals surface area contributed by atoms with Gasteiger partial charge < -0.3 is 15.0 Å². The predicted molar refractivity (Wildman–Crippen MR) is 124 cm³/mol. The second kappa shape index (κ2) is 7.77. The Labute approximate surface area is 190 Å². The van der Waals surface area contributed by atoms with Gasteiger partial charge in [0.05, 0.1) is 6.20 Å². The van der Waals surface area contributed by atoms with Crippen molar-refractivity contribution in [3.63, 3.8) is 0 Å². The van der Waals surface area contributed by atoms with Crippen LogP contribution in [-0.2, 0) is 4.79 Å². The van der Waals surface area contributed by atoms with Crippen LogP contribution in [0.5, 0.6) is 5.75 Å². The molecule has 0 radical (unpaired) electrons. The summed E-state index contributed by atoms with van der Waals surface area (Å²) in [6, 6.07) is 5.74. The highest BCUT2D eigenvalue weighted by atomic mass is 16.5. The number of pyridine rings is 3. The molecule has 1 atom stereocenters. The van der Waals surface area contributed by atoms with E-state index in [0.29, 0.717) is 11.6 Å². The number of hydrogen-bond acceptors (Lipinski definition) is 7. The molecule has 4 aromatic rings.